The number of halogens is 1. The zero-order valence-electron chi connectivity index (χ0n) is 6.56. The van der Waals surface area contributed by atoms with E-state index in [0.29, 0.717) is 0 Å². The molecule has 0 bridgehead atoms. The molecule has 0 radical (unpaired) electrons. The fourth-order valence-corrected chi connectivity index (χ4v) is 0.313. The molecular formula is C8H12FN. The van der Waals surface area contributed by atoms with Gasteiger partial charge >= 0.3 is 0 Å². The first kappa shape index (κ1) is 9.08. The average Bonchev–Trinajstić information content (AvgIpc) is 1.99. The number of nitrogens with zero attached hydrogens (tertiary/aromatic N) is 1. The Morgan fingerprint density at radius 2 is 1.90 bits per heavy atom. The standard InChI is InChI=1S/C8H12FN/c1-4-7(3)10-6-8(9)5-2/h4-6H,1-3H3/b7-4-,8-5+,10-6-. The molecule has 0 amide bonds. The predicted molar refractivity (Wildman–Crippen MR) is 42.8 cm³/mol. The van der Waals surface area contributed by atoms with E-state index in [4.69, 9.17) is 0 Å². The second-order valence-corrected chi connectivity index (χ2v) is 1.86. The lowest BCUT2D eigenvalue weighted by Crippen LogP contribution is -1.74. The molecule has 2 heteroatoms. The smallest absolute Gasteiger partial charge is 0.137 e. The molecule has 0 heterocycles. The van der Waals surface area contributed by atoms with Crippen LogP contribution >= 0.6 is 0 Å². The van der Waals surface area contributed by atoms with E-state index in [-0.39, 0.29) is 5.83 Å². The molecule has 0 aromatic rings. The molecule has 0 saturated heterocycles. The Morgan fingerprint density at radius 3 is 2.30 bits per heavy atom. The van der Waals surface area contributed by atoms with E-state index in [1.54, 1.807) is 6.92 Å². The molecule has 0 N–H and O–H groups in total. The molecule has 0 unspecified atom stereocenters. The van der Waals surface area contributed by atoms with Gasteiger partial charge in [-0.05, 0) is 20.8 Å². The Kier molecular flexibility index (Phi) is 4.46. The molecule has 0 aliphatic heterocycles. The number of rotatable bonds is 2. The number of hydrogen-bond donors (Lipinski definition) is 0. The van der Waals surface area contributed by atoms with Crippen molar-refractivity contribution >= 4 is 6.21 Å². The second-order valence-electron chi connectivity index (χ2n) is 1.86. The van der Waals surface area contributed by atoms with E-state index < -0.39 is 0 Å². The van der Waals surface area contributed by atoms with Crippen molar-refractivity contribution in [3.05, 3.63) is 23.7 Å². The van der Waals surface area contributed by atoms with E-state index >= 15 is 0 Å². The minimum absolute atomic E-state index is 0.304. The van der Waals surface area contributed by atoms with E-state index in [0.717, 1.165) is 5.70 Å². The van der Waals surface area contributed by atoms with Crippen LogP contribution in [0.15, 0.2) is 28.7 Å². The molecule has 0 atom stereocenters. The van der Waals surface area contributed by atoms with Crippen molar-refractivity contribution in [2.75, 3.05) is 0 Å². The minimum Gasteiger partial charge on any atom is -0.259 e. The summed E-state index contributed by atoms with van der Waals surface area (Å²) in [5.74, 6) is -0.304. The molecule has 0 saturated carbocycles. The number of hydrogen-bond acceptors (Lipinski definition) is 1. The molecule has 0 aliphatic carbocycles. The van der Waals surface area contributed by atoms with Gasteiger partial charge in [0, 0.05) is 5.70 Å². The number of allylic oxidation sites excluding steroid dienone is 4. The number of aliphatic imine (C=N–C) groups is 1. The lowest BCUT2D eigenvalue weighted by atomic mass is 10.4. The molecule has 10 heavy (non-hydrogen) atoms. The highest BCUT2D eigenvalue weighted by Gasteiger charge is 1.83. The van der Waals surface area contributed by atoms with Gasteiger partial charge in [0.1, 0.15) is 5.83 Å². The summed E-state index contributed by atoms with van der Waals surface area (Å²) in [7, 11) is 0. The Hall–Kier alpha value is -0.920. The lowest BCUT2D eigenvalue weighted by molar-refractivity contribution is 0.684. The fraction of sp³-hybridized carbons (Fsp3) is 0.375. The van der Waals surface area contributed by atoms with Crippen molar-refractivity contribution in [2.24, 2.45) is 4.99 Å². The summed E-state index contributed by atoms with van der Waals surface area (Å²) in [6, 6.07) is 0. The predicted octanol–water partition coefficient (Wildman–Crippen LogP) is 2.85. The van der Waals surface area contributed by atoms with Gasteiger partial charge in [0.15, 0.2) is 0 Å². The first-order chi connectivity index (χ1) is 4.70. The van der Waals surface area contributed by atoms with Gasteiger partial charge in [0.25, 0.3) is 0 Å². The van der Waals surface area contributed by atoms with Gasteiger partial charge in [0.2, 0.25) is 0 Å². The van der Waals surface area contributed by atoms with Crippen LogP contribution in [0.5, 0.6) is 0 Å². The molecule has 0 spiro atoms. The highest BCUT2D eigenvalue weighted by atomic mass is 19.1. The highest BCUT2D eigenvalue weighted by Crippen LogP contribution is 1.96. The normalized spacial score (nSPS) is 14.8. The topological polar surface area (TPSA) is 12.4 Å². The Labute approximate surface area is 61.0 Å². The van der Waals surface area contributed by atoms with Crippen molar-refractivity contribution in [3.63, 3.8) is 0 Å². The second kappa shape index (κ2) is 4.91. The summed E-state index contributed by atoms with van der Waals surface area (Å²) < 4.78 is 12.3. The summed E-state index contributed by atoms with van der Waals surface area (Å²) in [6.45, 7) is 5.31. The third-order valence-electron chi connectivity index (χ3n) is 1.09. The van der Waals surface area contributed by atoms with Crippen molar-refractivity contribution in [3.8, 4) is 0 Å². The zero-order chi connectivity index (χ0) is 7.98. The van der Waals surface area contributed by atoms with Crippen LogP contribution in [0.3, 0.4) is 0 Å². The first-order valence-corrected chi connectivity index (χ1v) is 3.19. The third kappa shape index (κ3) is 4.01. The SMILES string of the molecule is C\C=C(C)/N=C\C(F)=C/C. The Morgan fingerprint density at radius 1 is 1.30 bits per heavy atom. The first-order valence-electron chi connectivity index (χ1n) is 3.19. The van der Waals surface area contributed by atoms with Crippen molar-refractivity contribution in [2.45, 2.75) is 20.8 Å². The van der Waals surface area contributed by atoms with Gasteiger partial charge < -0.3 is 0 Å². The quantitative estimate of drug-likeness (QED) is 0.524. The van der Waals surface area contributed by atoms with Crippen LogP contribution in [0.25, 0.3) is 0 Å². The van der Waals surface area contributed by atoms with Crippen LogP contribution in [-0.4, -0.2) is 6.21 Å². The van der Waals surface area contributed by atoms with Gasteiger partial charge in [0.05, 0.1) is 6.21 Å². The fourth-order valence-electron chi connectivity index (χ4n) is 0.313. The molecule has 0 rings (SSSR count). The van der Waals surface area contributed by atoms with E-state index in [1.165, 1.54) is 12.3 Å². The van der Waals surface area contributed by atoms with Gasteiger partial charge in [-0.2, -0.15) is 0 Å². The lowest BCUT2D eigenvalue weighted by Gasteiger charge is -1.86. The third-order valence-corrected chi connectivity index (χ3v) is 1.09. The molecule has 0 fully saturated rings. The van der Waals surface area contributed by atoms with E-state index in [1.807, 2.05) is 19.9 Å². The largest absolute Gasteiger partial charge is 0.259 e. The highest BCUT2D eigenvalue weighted by molar-refractivity contribution is 5.76. The maximum absolute atomic E-state index is 12.3. The maximum atomic E-state index is 12.3. The molecule has 0 aromatic carbocycles. The van der Waals surface area contributed by atoms with Crippen molar-refractivity contribution < 1.29 is 4.39 Å². The van der Waals surface area contributed by atoms with Crippen molar-refractivity contribution in [1.29, 1.82) is 0 Å². The molecule has 0 aliphatic rings. The van der Waals surface area contributed by atoms with Gasteiger partial charge in [-0.25, -0.2) is 4.39 Å². The van der Waals surface area contributed by atoms with E-state index in [9.17, 15) is 4.39 Å². The van der Waals surface area contributed by atoms with Crippen LogP contribution in [0.1, 0.15) is 20.8 Å². The van der Waals surface area contributed by atoms with Crippen LogP contribution in [0.4, 0.5) is 4.39 Å². The van der Waals surface area contributed by atoms with Crippen LogP contribution < -0.4 is 0 Å². The summed E-state index contributed by atoms with van der Waals surface area (Å²) in [5, 5.41) is 0. The zero-order valence-corrected chi connectivity index (χ0v) is 6.56. The maximum Gasteiger partial charge on any atom is 0.137 e. The van der Waals surface area contributed by atoms with Crippen LogP contribution in [0.2, 0.25) is 0 Å². The minimum atomic E-state index is -0.304. The molecule has 0 aromatic heterocycles. The van der Waals surface area contributed by atoms with Crippen LogP contribution in [-0.2, 0) is 0 Å². The van der Waals surface area contributed by atoms with Crippen LogP contribution in [0, 0.1) is 0 Å². The van der Waals surface area contributed by atoms with Crippen molar-refractivity contribution in [1.82, 2.24) is 0 Å². The van der Waals surface area contributed by atoms with Gasteiger partial charge in [-0.3, -0.25) is 4.99 Å². The van der Waals surface area contributed by atoms with E-state index in [2.05, 4.69) is 4.99 Å². The summed E-state index contributed by atoms with van der Waals surface area (Å²) in [4.78, 5) is 3.81. The Bertz CT molecular complexity index is 158. The summed E-state index contributed by atoms with van der Waals surface area (Å²) >= 11 is 0. The molecule has 56 valence electrons. The van der Waals surface area contributed by atoms with Gasteiger partial charge in [-0.15, -0.1) is 0 Å². The average molecular weight is 141 g/mol. The Balaban J connectivity index is 4.01. The molecular weight excluding hydrogens is 129 g/mol. The van der Waals surface area contributed by atoms with Gasteiger partial charge in [-0.1, -0.05) is 12.2 Å². The summed E-state index contributed by atoms with van der Waals surface area (Å²) in [6.07, 6.45) is 4.39. The summed E-state index contributed by atoms with van der Waals surface area (Å²) in [5.41, 5.74) is 0.817. The monoisotopic (exact) mass is 141 g/mol. The molecule has 1 nitrogen and oxygen atoms in total.